The van der Waals surface area contributed by atoms with E-state index in [4.69, 9.17) is 14.6 Å². The van der Waals surface area contributed by atoms with E-state index in [0.717, 1.165) is 23.5 Å². The fourth-order valence-corrected chi connectivity index (χ4v) is 3.07. The Bertz CT molecular complexity index is 622. The van der Waals surface area contributed by atoms with Gasteiger partial charge < -0.3 is 14.6 Å². The molecule has 1 aromatic heterocycles. The molecule has 4 atom stereocenters. The number of pyridine rings is 1. The summed E-state index contributed by atoms with van der Waals surface area (Å²) >= 11 is 0. The van der Waals surface area contributed by atoms with Gasteiger partial charge in [-0.3, -0.25) is 9.78 Å². The average molecular weight is 271 g/mol. The molecule has 1 N–H and O–H groups in total. The highest BCUT2D eigenvalue weighted by atomic mass is 16.5. The Morgan fingerprint density at radius 2 is 2.20 bits per heavy atom. The number of carboxylic acids is 1. The van der Waals surface area contributed by atoms with Crippen LogP contribution in [0.2, 0.25) is 0 Å². The zero-order valence-electron chi connectivity index (χ0n) is 10.6. The number of aromatic nitrogens is 1. The van der Waals surface area contributed by atoms with E-state index in [9.17, 15) is 4.79 Å². The van der Waals surface area contributed by atoms with Crippen molar-refractivity contribution in [2.45, 2.75) is 18.6 Å². The number of hydrogen-bond acceptors (Lipinski definition) is 4. The first-order chi connectivity index (χ1) is 9.74. The number of nitrogens with zero attached hydrogens (tertiary/aromatic N) is 1. The molecule has 0 bridgehead atoms. The second kappa shape index (κ2) is 4.18. The number of fused-ring (bicyclic) bond motifs is 3. The van der Waals surface area contributed by atoms with Crippen LogP contribution in [0.5, 0.6) is 5.75 Å². The zero-order chi connectivity index (χ0) is 13.7. The number of rotatable bonds is 3. The molecule has 0 aromatic carbocycles. The normalized spacial score (nSPS) is 33.6. The minimum absolute atomic E-state index is 0.0299. The fourth-order valence-electron chi connectivity index (χ4n) is 3.07. The minimum Gasteiger partial charge on any atom is -0.481 e. The second-order valence-electron chi connectivity index (χ2n) is 5.25. The maximum Gasteiger partial charge on any atom is 0.309 e. The highest BCUT2D eigenvalue weighted by Gasteiger charge is 2.64. The molecule has 3 aliphatic rings. The lowest BCUT2D eigenvalue weighted by Gasteiger charge is -2.20. The summed E-state index contributed by atoms with van der Waals surface area (Å²) in [7, 11) is 0. The van der Waals surface area contributed by atoms with Crippen molar-refractivity contribution in [3.8, 4) is 5.75 Å². The summed E-state index contributed by atoms with van der Waals surface area (Å²) in [5.41, 5.74) is 1.06. The summed E-state index contributed by atoms with van der Waals surface area (Å²) in [4.78, 5) is 15.0. The van der Waals surface area contributed by atoms with Crippen LogP contribution < -0.4 is 4.74 Å². The topological polar surface area (TPSA) is 68.7 Å². The Balaban J connectivity index is 1.54. The maximum absolute atomic E-state index is 11.1. The third kappa shape index (κ3) is 1.74. The Morgan fingerprint density at radius 1 is 1.40 bits per heavy atom. The van der Waals surface area contributed by atoms with Crippen molar-refractivity contribution in [3.05, 3.63) is 48.0 Å². The van der Waals surface area contributed by atoms with Gasteiger partial charge in [-0.05, 0) is 36.3 Å². The minimum atomic E-state index is -0.773. The molecule has 0 amide bonds. The Labute approximate surface area is 115 Å². The van der Waals surface area contributed by atoms with E-state index in [0.29, 0.717) is 0 Å². The molecule has 0 spiro atoms. The molecule has 5 nitrogen and oxygen atoms in total. The van der Waals surface area contributed by atoms with Gasteiger partial charge in [0.25, 0.3) is 0 Å². The third-order valence-corrected chi connectivity index (χ3v) is 4.04. The van der Waals surface area contributed by atoms with Crippen molar-refractivity contribution in [2.75, 3.05) is 0 Å². The Morgan fingerprint density at radius 3 is 2.95 bits per heavy atom. The first-order valence-electron chi connectivity index (χ1n) is 6.62. The third-order valence-electron chi connectivity index (χ3n) is 4.04. The van der Waals surface area contributed by atoms with Gasteiger partial charge in [0.2, 0.25) is 0 Å². The number of allylic oxidation sites excluding steroid dienone is 1. The van der Waals surface area contributed by atoms with Crippen molar-refractivity contribution < 1.29 is 19.4 Å². The van der Waals surface area contributed by atoms with Crippen LogP contribution in [0.3, 0.4) is 0 Å². The van der Waals surface area contributed by atoms with E-state index in [1.807, 2.05) is 12.2 Å². The Kier molecular flexibility index (Phi) is 2.44. The fraction of sp³-hybridized carbons (Fsp3) is 0.333. The van der Waals surface area contributed by atoms with E-state index in [1.165, 1.54) is 0 Å². The highest BCUT2D eigenvalue weighted by molar-refractivity contribution is 5.77. The van der Waals surface area contributed by atoms with E-state index in [2.05, 4.69) is 4.98 Å². The van der Waals surface area contributed by atoms with Crippen LogP contribution in [0.15, 0.2) is 48.0 Å². The highest BCUT2D eigenvalue weighted by Crippen LogP contribution is 2.56. The molecule has 2 heterocycles. The Hall–Kier alpha value is -2.14. The predicted molar refractivity (Wildman–Crippen MR) is 68.9 cm³/mol. The molecule has 4 rings (SSSR count). The lowest BCUT2D eigenvalue weighted by Crippen LogP contribution is -2.20. The molecule has 2 fully saturated rings. The maximum atomic E-state index is 11.1. The van der Waals surface area contributed by atoms with Crippen LogP contribution in [0.25, 0.3) is 0 Å². The summed E-state index contributed by atoms with van der Waals surface area (Å²) in [5, 5.41) is 9.09. The van der Waals surface area contributed by atoms with Crippen molar-refractivity contribution in [2.24, 2.45) is 11.8 Å². The van der Waals surface area contributed by atoms with Crippen molar-refractivity contribution in [1.29, 1.82) is 0 Å². The van der Waals surface area contributed by atoms with Crippen molar-refractivity contribution in [3.63, 3.8) is 0 Å². The summed E-state index contributed by atoms with van der Waals surface area (Å²) in [6.07, 6.45) is 7.89. The van der Waals surface area contributed by atoms with Crippen LogP contribution in [0.1, 0.15) is 6.42 Å². The summed E-state index contributed by atoms with van der Waals surface area (Å²) in [5.74, 6) is 0.357. The second-order valence-corrected chi connectivity index (χ2v) is 5.25. The quantitative estimate of drug-likeness (QED) is 0.907. The number of carbonyl (C=O) groups is 1. The predicted octanol–water partition coefficient (Wildman–Crippen LogP) is 1.77. The smallest absolute Gasteiger partial charge is 0.309 e. The summed E-state index contributed by atoms with van der Waals surface area (Å²) in [6.45, 7) is 0. The lowest BCUT2D eigenvalue weighted by molar-refractivity contribution is -0.140. The van der Waals surface area contributed by atoms with Gasteiger partial charge in [-0.15, -0.1) is 0 Å². The SMILES string of the molecule is O=C(O)C1C2OC3CC=C(Oc4ccncc4)C=C3C21. The van der Waals surface area contributed by atoms with Gasteiger partial charge in [-0.2, -0.15) is 0 Å². The van der Waals surface area contributed by atoms with Crippen molar-refractivity contribution >= 4 is 5.97 Å². The number of aliphatic carboxylic acids is 1. The molecular weight excluding hydrogens is 258 g/mol. The first-order valence-corrected chi connectivity index (χ1v) is 6.62. The van der Waals surface area contributed by atoms with Crippen molar-refractivity contribution in [1.82, 2.24) is 4.98 Å². The monoisotopic (exact) mass is 271 g/mol. The summed E-state index contributed by atoms with van der Waals surface area (Å²) in [6, 6.07) is 3.58. The number of ether oxygens (including phenoxy) is 2. The molecule has 2 aliphatic carbocycles. The molecule has 0 radical (unpaired) electrons. The molecule has 1 saturated carbocycles. The number of carboxylic acid groups (broad SMARTS) is 1. The van der Waals surface area contributed by atoms with Crippen LogP contribution in [-0.4, -0.2) is 28.3 Å². The van der Waals surface area contributed by atoms with Crippen LogP contribution in [-0.2, 0) is 9.53 Å². The average Bonchev–Trinajstić information content (AvgIpc) is 3.05. The molecule has 20 heavy (non-hydrogen) atoms. The van der Waals surface area contributed by atoms with Gasteiger partial charge in [-0.25, -0.2) is 0 Å². The van der Waals surface area contributed by atoms with E-state index in [1.54, 1.807) is 24.5 Å². The van der Waals surface area contributed by atoms with Gasteiger partial charge in [0.1, 0.15) is 11.5 Å². The first kappa shape index (κ1) is 11.7. The van der Waals surface area contributed by atoms with E-state index >= 15 is 0 Å². The molecule has 1 aromatic rings. The van der Waals surface area contributed by atoms with Crippen LogP contribution >= 0.6 is 0 Å². The van der Waals surface area contributed by atoms with Gasteiger partial charge >= 0.3 is 5.97 Å². The molecule has 1 saturated heterocycles. The molecule has 1 aliphatic heterocycles. The summed E-state index contributed by atoms with van der Waals surface area (Å²) < 4.78 is 11.5. The van der Waals surface area contributed by atoms with Gasteiger partial charge in [0.05, 0.1) is 18.1 Å². The molecule has 4 unspecified atom stereocenters. The molecular formula is C15H13NO4. The standard InChI is InChI=1S/C15H13NO4/c17-15(18)13-12-10-7-9(1-2-11(10)20-14(12)13)19-8-3-5-16-6-4-8/h1,3-7,11-14H,2H2,(H,17,18). The molecule has 5 heteroatoms. The van der Waals surface area contributed by atoms with Gasteiger partial charge in [0.15, 0.2) is 0 Å². The molecule has 102 valence electrons. The zero-order valence-corrected chi connectivity index (χ0v) is 10.6. The van der Waals surface area contributed by atoms with E-state index < -0.39 is 5.97 Å². The van der Waals surface area contributed by atoms with Crippen LogP contribution in [0, 0.1) is 11.8 Å². The van der Waals surface area contributed by atoms with E-state index in [-0.39, 0.29) is 24.0 Å². The van der Waals surface area contributed by atoms with Gasteiger partial charge in [0, 0.05) is 18.3 Å². The van der Waals surface area contributed by atoms with Crippen LogP contribution in [0.4, 0.5) is 0 Å². The largest absolute Gasteiger partial charge is 0.481 e. The number of hydrogen-bond donors (Lipinski definition) is 1. The lowest BCUT2D eigenvalue weighted by atomic mass is 9.96. The van der Waals surface area contributed by atoms with Gasteiger partial charge in [-0.1, -0.05) is 0 Å².